The van der Waals surface area contributed by atoms with Crippen LogP contribution in [0.4, 0.5) is 0 Å². The monoisotopic (exact) mass is 342 g/mol. The van der Waals surface area contributed by atoms with E-state index in [1.54, 1.807) is 12.5 Å². The summed E-state index contributed by atoms with van der Waals surface area (Å²) in [6.45, 7) is 2.72. The molecule has 0 aliphatic carbocycles. The van der Waals surface area contributed by atoms with E-state index in [0.717, 1.165) is 32.1 Å². The smallest absolute Gasteiger partial charge is 0.244 e. The third-order valence-corrected chi connectivity index (χ3v) is 4.35. The van der Waals surface area contributed by atoms with Crippen molar-refractivity contribution in [2.24, 2.45) is 5.92 Å². The summed E-state index contributed by atoms with van der Waals surface area (Å²) in [4.78, 5) is 36.4. The van der Waals surface area contributed by atoms with Gasteiger partial charge in [-0.3, -0.25) is 24.6 Å². The predicted molar refractivity (Wildman–Crippen MR) is 88.7 cm³/mol. The first-order valence-corrected chi connectivity index (χ1v) is 8.76. The van der Waals surface area contributed by atoms with Crippen LogP contribution >= 0.6 is 0 Å². The minimum Gasteiger partial charge on any atom is -0.357 e. The minimum atomic E-state index is -0.586. The maximum atomic E-state index is 12.9. The number of hydrogen-bond donors (Lipinski definition) is 4. The summed E-state index contributed by atoms with van der Waals surface area (Å²) >= 11 is 0. The molecule has 0 aromatic heterocycles. The van der Waals surface area contributed by atoms with Crippen molar-refractivity contribution in [2.75, 3.05) is 13.6 Å². The van der Waals surface area contributed by atoms with Gasteiger partial charge >= 0.3 is 0 Å². The van der Waals surface area contributed by atoms with E-state index in [1.165, 1.54) is 5.01 Å². The van der Waals surface area contributed by atoms with Crippen LogP contribution in [0.3, 0.4) is 0 Å². The number of hydrazine groups is 1. The van der Waals surface area contributed by atoms with Gasteiger partial charge in [-0.05, 0) is 19.3 Å². The number of likely N-dealkylation sites (N-methyl/N-ethyl adjacent to an activating group) is 1. The zero-order chi connectivity index (χ0) is 17.9. The van der Waals surface area contributed by atoms with Gasteiger partial charge in [-0.15, -0.1) is 0 Å². The first-order chi connectivity index (χ1) is 11.5. The highest BCUT2D eigenvalue weighted by Crippen LogP contribution is 2.21. The summed E-state index contributed by atoms with van der Waals surface area (Å²) in [5.74, 6) is -1.61. The Morgan fingerprint density at radius 2 is 2.04 bits per heavy atom. The second kappa shape index (κ2) is 11.0. The summed E-state index contributed by atoms with van der Waals surface area (Å²) in [6.07, 6.45) is 5.87. The first kappa shape index (κ1) is 20.4. The number of hydroxylamine groups is 1. The van der Waals surface area contributed by atoms with Gasteiger partial charge < -0.3 is 5.32 Å². The van der Waals surface area contributed by atoms with Gasteiger partial charge in [-0.25, -0.2) is 10.9 Å². The Labute approximate surface area is 143 Å². The summed E-state index contributed by atoms with van der Waals surface area (Å²) < 4.78 is 0. The van der Waals surface area contributed by atoms with Gasteiger partial charge in [0.25, 0.3) is 0 Å². The van der Waals surface area contributed by atoms with Crippen LogP contribution < -0.4 is 16.2 Å². The minimum absolute atomic E-state index is 0.0832. The fraction of sp³-hybridized carbons (Fsp3) is 0.812. The standard InChI is InChI=1S/C16H30N4O4/c1-3-4-5-6-8-12(11-14(21)19-24)16(23)20-13(15(22)17-2)9-7-10-18-20/h12-13,18,24H,3-11H2,1-2H3,(H,17,22)(H,19,21)/t12-,13+/m1/s1. The average molecular weight is 342 g/mol. The van der Waals surface area contributed by atoms with Crippen molar-refractivity contribution >= 4 is 17.7 Å². The van der Waals surface area contributed by atoms with E-state index in [9.17, 15) is 14.4 Å². The molecule has 1 aliphatic heterocycles. The van der Waals surface area contributed by atoms with E-state index in [1.807, 2.05) is 0 Å². The van der Waals surface area contributed by atoms with E-state index < -0.39 is 17.9 Å². The lowest BCUT2D eigenvalue weighted by molar-refractivity contribution is -0.151. The zero-order valence-electron chi connectivity index (χ0n) is 14.6. The van der Waals surface area contributed by atoms with Crippen molar-refractivity contribution in [3.05, 3.63) is 0 Å². The van der Waals surface area contributed by atoms with Gasteiger partial charge in [0.2, 0.25) is 17.7 Å². The summed E-state index contributed by atoms with van der Waals surface area (Å²) in [5.41, 5.74) is 4.58. The first-order valence-electron chi connectivity index (χ1n) is 8.76. The normalized spacial score (nSPS) is 18.8. The molecule has 0 unspecified atom stereocenters. The highest BCUT2D eigenvalue weighted by molar-refractivity contribution is 5.90. The van der Waals surface area contributed by atoms with Gasteiger partial charge in [0, 0.05) is 25.9 Å². The Balaban J connectivity index is 2.78. The lowest BCUT2D eigenvalue weighted by atomic mass is 9.94. The second-order valence-corrected chi connectivity index (χ2v) is 6.17. The number of rotatable bonds is 9. The second-order valence-electron chi connectivity index (χ2n) is 6.17. The molecule has 1 aliphatic rings. The van der Waals surface area contributed by atoms with Crippen LogP contribution in [0.25, 0.3) is 0 Å². The molecule has 0 spiro atoms. The molecule has 2 atom stereocenters. The molecule has 4 N–H and O–H groups in total. The van der Waals surface area contributed by atoms with Crippen molar-refractivity contribution < 1.29 is 19.6 Å². The molecule has 138 valence electrons. The number of amides is 3. The van der Waals surface area contributed by atoms with Gasteiger partial charge in [0.1, 0.15) is 6.04 Å². The molecule has 0 radical (unpaired) electrons. The third-order valence-electron chi connectivity index (χ3n) is 4.35. The maximum absolute atomic E-state index is 12.9. The quantitative estimate of drug-likeness (QED) is 0.280. The SMILES string of the molecule is CCCCCC[C@H](CC(=O)NO)C(=O)N1NCCC[C@H]1C(=O)NC. The molecule has 0 bridgehead atoms. The number of nitrogens with one attached hydrogen (secondary N) is 3. The fourth-order valence-electron chi connectivity index (χ4n) is 2.98. The largest absolute Gasteiger partial charge is 0.357 e. The van der Waals surface area contributed by atoms with Gasteiger partial charge in [0.05, 0.1) is 0 Å². The highest BCUT2D eigenvalue weighted by Gasteiger charge is 2.35. The van der Waals surface area contributed by atoms with E-state index in [2.05, 4.69) is 17.7 Å². The summed E-state index contributed by atoms with van der Waals surface area (Å²) in [7, 11) is 1.54. The molecule has 8 heteroatoms. The Morgan fingerprint density at radius 1 is 1.29 bits per heavy atom. The van der Waals surface area contributed by atoms with Crippen molar-refractivity contribution in [3.8, 4) is 0 Å². The van der Waals surface area contributed by atoms with E-state index in [0.29, 0.717) is 19.4 Å². The van der Waals surface area contributed by atoms with E-state index >= 15 is 0 Å². The Kier molecular flexibility index (Phi) is 9.33. The average Bonchev–Trinajstić information content (AvgIpc) is 2.62. The number of unbranched alkanes of at least 4 members (excludes halogenated alkanes) is 3. The molecule has 1 heterocycles. The number of hydrogen-bond acceptors (Lipinski definition) is 5. The van der Waals surface area contributed by atoms with Crippen molar-refractivity contribution in [1.29, 1.82) is 0 Å². The zero-order valence-corrected chi connectivity index (χ0v) is 14.6. The molecule has 3 amide bonds. The fourth-order valence-corrected chi connectivity index (χ4v) is 2.98. The molecule has 0 aromatic rings. The summed E-state index contributed by atoms with van der Waals surface area (Å²) in [5, 5.41) is 12.7. The molecule has 1 saturated heterocycles. The summed E-state index contributed by atoms with van der Waals surface area (Å²) in [6, 6.07) is -0.563. The van der Waals surface area contributed by atoms with Crippen LogP contribution in [0.1, 0.15) is 58.3 Å². The van der Waals surface area contributed by atoms with Crippen molar-refractivity contribution in [1.82, 2.24) is 21.2 Å². The van der Waals surface area contributed by atoms with Crippen LogP contribution in [0, 0.1) is 5.92 Å². The number of carbonyl (C=O) groups is 3. The van der Waals surface area contributed by atoms with E-state index in [-0.39, 0.29) is 18.2 Å². The van der Waals surface area contributed by atoms with Crippen LogP contribution in [-0.2, 0) is 14.4 Å². The molecular weight excluding hydrogens is 312 g/mol. The molecule has 1 fully saturated rings. The number of carbonyl (C=O) groups excluding carboxylic acids is 3. The van der Waals surface area contributed by atoms with Gasteiger partial charge in [0.15, 0.2) is 0 Å². The van der Waals surface area contributed by atoms with Gasteiger partial charge in [-0.2, -0.15) is 0 Å². The van der Waals surface area contributed by atoms with Crippen LogP contribution in [0.2, 0.25) is 0 Å². The number of nitrogens with zero attached hydrogens (tertiary/aromatic N) is 1. The molecule has 0 aromatic carbocycles. The van der Waals surface area contributed by atoms with Gasteiger partial charge in [-0.1, -0.05) is 32.6 Å². The van der Waals surface area contributed by atoms with Crippen molar-refractivity contribution in [2.45, 2.75) is 64.3 Å². The Hall–Kier alpha value is -1.67. The molecule has 0 saturated carbocycles. The van der Waals surface area contributed by atoms with Crippen LogP contribution in [-0.4, -0.2) is 47.6 Å². The molecule has 8 nitrogen and oxygen atoms in total. The lowest BCUT2D eigenvalue weighted by Crippen LogP contribution is -2.59. The lowest BCUT2D eigenvalue weighted by Gasteiger charge is -2.37. The van der Waals surface area contributed by atoms with Crippen LogP contribution in [0.5, 0.6) is 0 Å². The topological polar surface area (TPSA) is 111 Å². The van der Waals surface area contributed by atoms with Crippen molar-refractivity contribution in [3.63, 3.8) is 0 Å². The molecular formula is C16H30N4O4. The van der Waals surface area contributed by atoms with Crippen LogP contribution in [0.15, 0.2) is 0 Å². The Morgan fingerprint density at radius 3 is 2.67 bits per heavy atom. The predicted octanol–water partition coefficient (Wildman–Crippen LogP) is 0.710. The maximum Gasteiger partial charge on any atom is 0.244 e. The Bertz CT molecular complexity index is 430. The third kappa shape index (κ3) is 6.09. The molecule has 1 rings (SSSR count). The molecule has 24 heavy (non-hydrogen) atoms. The highest BCUT2D eigenvalue weighted by atomic mass is 16.5. The van der Waals surface area contributed by atoms with E-state index in [4.69, 9.17) is 5.21 Å².